The summed E-state index contributed by atoms with van der Waals surface area (Å²) >= 11 is 0. The number of rotatable bonds is 9. The maximum Gasteiger partial charge on any atom is 0.312 e. The average molecular weight is 363 g/mol. The Bertz CT molecular complexity index is 364. The van der Waals surface area contributed by atoms with Crippen molar-refractivity contribution < 1.29 is 14.4 Å². The van der Waals surface area contributed by atoms with Crippen molar-refractivity contribution in [1.82, 2.24) is 21.5 Å². The first kappa shape index (κ1) is 28.0. The van der Waals surface area contributed by atoms with Gasteiger partial charge < -0.3 is 22.1 Å². The Morgan fingerprint density at radius 3 is 1.92 bits per heavy atom. The van der Waals surface area contributed by atoms with E-state index >= 15 is 0 Å². The smallest absolute Gasteiger partial charge is 0.312 e. The van der Waals surface area contributed by atoms with Gasteiger partial charge in [0.1, 0.15) is 6.04 Å². The zero-order chi connectivity index (χ0) is 20.4. The van der Waals surface area contributed by atoms with Crippen LogP contribution < -0.4 is 33.0 Å². The molecule has 0 spiro atoms. The van der Waals surface area contributed by atoms with E-state index in [9.17, 15) is 14.4 Å². The van der Waals surface area contributed by atoms with Gasteiger partial charge in [-0.2, -0.15) is 0 Å². The van der Waals surface area contributed by atoms with Gasteiger partial charge in [-0.1, -0.05) is 41.5 Å². The van der Waals surface area contributed by atoms with Gasteiger partial charge in [0.2, 0.25) is 5.91 Å². The number of carbonyl (C=O) groups excluding carboxylic acids is 3. The molecule has 0 saturated carbocycles. The van der Waals surface area contributed by atoms with Crippen LogP contribution in [0.4, 0.5) is 4.79 Å². The molecule has 2 atom stereocenters. The van der Waals surface area contributed by atoms with Crippen molar-refractivity contribution in [1.29, 1.82) is 0 Å². The zero-order valence-corrected chi connectivity index (χ0v) is 16.7. The van der Waals surface area contributed by atoms with Gasteiger partial charge in [-0.15, -0.1) is 0 Å². The first-order valence-electron chi connectivity index (χ1n) is 8.85. The van der Waals surface area contributed by atoms with E-state index in [4.69, 9.17) is 11.5 Å². The van der Waals surface area contributed by atoms with Crippen LogP contribution >= 0.6 is 0 Å². The Balaban J connectivity index is -0.00000112. The van der Waals surface area contributed by atoms with Crippen LogP contribution in [-0.2, 0) is 9.59 Å². The van der Waals surface area contributed by atoms with Gasteiger partial charge in [-0.25, -0.2) is 10.2 Å². The third kappa shape index (κ3) is 15.4. The summed E-state index contributed by atoms with van der Waals surface area (Å²) < 4.78 is 0. The largest absolute Gasteiger partial charge is 0.352 e. The van der Waals surface area contributed by atoms with Crippen LogP contribution in [0.1, 0.15) is 54.4 Å². The molecule has 0 aliphatic heterocycles. The Labute approximate surface area is 152 Å². The minimum atomic E-state index is -0.732. The van der Waals surface area contributed by atoms with Crippen LogP contribution in [0.3, 0.4) is 0 Å². The lowest BCUT2D eigenvalue weighted by molar-refractivity contribution is -0.130. The third-order valence-corrected chi connectivity index (χ3v) is 2.87. The molecule has 25 heavy (non-hydrogen) atoms. The second-order valence-electron chi connectivity index (χ2n) is 5.00. The second kappa shape index (κ2) is 18.5. The standard InChI is InChI=1S/C12H26N6O3.2C2H6/c1-7(2)9(13)11(20)17-8(10(19)18-15-3)5-4-6-16-12(14)21;2*1-2/h7-9,15H,4-6,13H2,1-3H3,(H,17,20)(H,18,19)(H3,14,16,21);2*1-2H3. The van der Waals surface area contributed by atoms with Crippen LogP contribution in [0.15, 0.2) is 0 Å². The lowest BCUT2D eigenvalue weighted by Crippen LogP contribution is -2.54. The first-order valence-corrected chi connectivity index (χ1v) is 8.85. The fourth-order valence-electron chi connectivity index (χ4n) is 1.57. The molecule has 0 fully saturated rings. The highest BCUT2D eigenvalue weighted by molar-refractivity contribution is 5.89. The van der Waals surface area contributed by atoms with Gasteiger partial charge in [-0.05, 0) is 18.8 Å². The van der Waals surface area contributed by atoms with Crippen molar-refractivity contribution >= 4 is 17.8 Å². The Morgan fingerprint density at radius 1 is 1.00 bits per heavy atom. The molecule has 0 aromatic heterocycles. The predicted molar refractivity (Wildman–Crippen MR) is 101 cm³/mol. The lowest BCUT2D eigenvalue weighted by Gasteiger charge is -2.22. The molecule has 0 aliphatic rings. The minimum absolute atomic E-state index is 0.0328. The van der Waals surface area contributed by atoms with Gasteiger partial charge in [0.25, 0.3) is 5.91 Å². The molecule has 150 valence electrons. The van der Waals surface area contributed by atoms with Gasteiger partial charge in [0.05, 0.1) is 6.04 Å². The van der Waals surface area contributed by atoms with E-state index in [-0.39, 0.29) is 17.7 Å². The Hall–Kier alpha value is -1.87. The summed E-state index contributed by atoms with van der Waals surface area (Å²) in [4.78, 5) is 34.3. The number of hydrazine groups is 1. The molecule has 0 aliphatic carbocycles. The summed E-state index contributed by atoms with van der Waals surface area (Å²) in [5.41, 5.74) is 15.6. The molecule has 0 aromatic carbocycles. The monoisotopic (exact) mass is 362 g/mol. The number of nitrogens with two attached hydrogens (primary N) is 2. The summed E-state index contributed by atoms with van der Waals surface area (Å²) in [6.45, 7) is 12.0. The van der Waals surface area contributed by atoms with Crippen LogP contribution in [0, 0.1) is 5.92 Å². The van der Waals surface area contributed by atoms with E-state index in [1.54, 1.807) is 7.05 Å². The van der Waals surface area contributed by atoms with Crippen LogP contribution in [0.2, 0.25) is 0 Å². The first-order chi connectivity index (χ1) is 11.8. The van der Waals surface area contributed by atoms with Crippen LogP contribution in [0.25, 0.3) is 0 Å². The topological polar surface area (TPSA) is 151 Å². The van der Waals surface area contributed by atoms with Crippen LogP contribution in [0.5, 0.6) is 0 Å². The van der Waals surface area contributed by atoms with Crippen molar-refractivity contribution in [2.75, 3.05) is 13.6 Å². The number of hydrogen-bond donors (Lipinski definition) is 6. The second-order valence-corrected chi connectivity index (χ2v) is 5.00. The average Bonchev–Trinajstić information content (AvgIpc) is 2.60. The zero-order valence-electron chi connectivity index (χ0n) is 16.7. The molecule has 0 rings (SSSR count). The molecule has 9 nitrogen and oxygen atoms in total. The molecule has 0 radical (unpaired) electrons. The number of amides is 4. The lowest BCUT2D eigenvalue weighted by atomic mass is 10.0. The van der Waals surface area contributed by atoms with Crippen molar-refractivity contribution in [3.63, 3.8) is 0 Å². The maximum atomic E-state index is 11.9. The number of urea groups is 1. The molecule has 4 amide bonds. The van der Waals surface area contributed by atoms with Gasteiger partial charge in [0.15, 0.2) is 0 Å². The fourth-order valence-corrected chi connectivity index (χ4v) is 1.57. The Kier molecular flexibility index (Phi) is 20.7. The summed E-state index contributed by atoms with van der Waals surface area (Å²) in [6, 6.07) is -2.04. The van der Waals surface area contributed by atoms with E-state index in [1.807, 2.05) is 41.5 Å². The van der Waals surface area contributed by atoms with Gasteiger partial charge in [-0.3, -0.25) is 15.0 Å². The molecular weight excluding hydrogens is 324 g/mol. The summed E-state index contributed by atoms with van der Waals surface area (Å²) in [5.74, 6) is -0.792. The third-order valence-electron chi connectivity index (χ3n) is 2.87. The van der Waals surface area contributed by atoms with Crippen molar-refractivity contribution in [2.24, 2.45) is 17.4 Å². The summed E-state index contributed by atoms with van der Waals surface area (Å²) in [7, 11) is 1.55. The number of primary amides is 1. The SMILES string of the molecule is CC.CC.CNNC(=O)C(CCCNC(N)=O)NC(=O)C(N)C(C)C. The molecule has 0 bridgehead atoms. The van der Waals surface area contributed by atoms with Gasteiger partial charge >= 0.3 is 6.03 Å². The van der Waals surface area contributed by atoms with E-state index in [0.717, 1.165) is 0 Å². The number of hydrogen-bond acceptors (Lipinski definition) is 5. The highest BCUT2D eigenvalue weighted by Gasteiger charge is 2.24. The minimum Gasteiger partial charge on any atom is -0.352 e. The molecular formula is C16H38N6O3. The molecule has 0 saturated heterocycles. The normalized spacial score (nSPS) is 11.7. The van der Waals surface area contributed by atoms with E-state index < -0.39 is 18.1 Å². The van der Waals surface area contributed by atoms with Gasteiger partial charge in [0, 0.05) is 13.6 Å². The fraction of sp³-hybridized carbons (Fsp3) is 0.812. The molecule has 8 N–H and O–H groups in total. The highest BCUT2D eigenvalue weighted by atomic mass is 16.2. The maximum absolute atomic E-state index is 11.9. The van der Waals surface area contributed by atoms with Crippen LogP contribution in [-0.4, -0.2) is 43.5 Å². The van der Waals surface area contributed by atoms with E-state index in [2.05, 4.69) is 21.5 Å². The Morgan fingerprint density at radius 2 is 1.52 bits per heavy atom. The van der Waals surface area contributed by atoms with Crippen molar-refractivity contribution in [3.05, 3.63) is 0 Å². The van der Waals surface area contributed by atoms with Crippen molar-refractivity contribution in [2.45, 2.75) is 66.5 Å². The molecule has 9 heteroatoms. The summed E-state index contributed by atoms with van der Waals surface area (Å²) in [5, 5.41) is 5.03. The summed E-state index contributed by atoms with van der Waals surface area (Å²) in [6.07, 6.45) is 0.840. The number of carbonyl (C=O) groups is 3. The van der Waals surface area contributed by atoms with E-state index in [0.29, 0.717) is 19.4 Å². The highest BCUT2D eigenvalue weighted by Crippen LogP contribution is 2.02. The van der Waals surface area contributed by atoms with Crippen molar-refractivity contribution in [3.8, 4) is 0 Å². The molecule has 0 aromatic rings. The molecule has 2 unspecified atom stereocenters. The number of nitrogens with one attached hydrogen (secondary N) is 4. The predicted octanol–water partition coefficient (Wildman–Crippen LogP) is 0.206. The molecule has 0 heterocycles. The van der Waals surface area contributed by atoms with E-state index in [1.165, 1.54) is 0 Å². The quantitative estimate of drug-likeness (QED) is 0.256.